The van der Waals surface area contributed by atoms with Crippen molar-refractivity contribution in [1.82, 2.24) is 19.4 Å². The van der Waals surface area contributed by atoms with E-state index in [0.717, 1.165) is 44.4 Å². The Hall–Kier alpha value is -1.88. The largest absolute Gasteiger partial charge is 0.340 e. The summed E-state index contributed by atoms with van der Waals surface area (Å²) in [5.41, 5.74) is 1.15. The number of hydrogen-bond donors (Lipinski definition) is 0. The van der Waals surface area contributed by atoms with Crippen LogP contribution in [0.4, 0.5) is 5.95 Å². The minimum Gasteiger partial charge on any atom is -0.340 e. The molecule has 0 unspecified atom stereocenters. The van der Waals surface area contributed by atoms with Gasteiger partial charge in [-0.25, -0.2) is 4.98 Å². The van der Waals surface area contributed by atoms with Crippen molar-refractivity contribution in [1.29, 1.82) is 0 Å². The Morgan fingerprint density at radius 3 is 2.53 bits per heavy atom. The molecule has 5 nitrogen and oxygen atoms in total. The summed E-state index contributed by atoms with van der Waals surface area (Å²) in [6, 6.07) is 6.10. The van der Waals surface area contributed by atoms with Crippen LogP contribution in [-0.2, 0) is 13.6 Å². The van der Waals surface area contributed by atoms with Crippen molar-refractivity contribution in [2.24, 2.45) is 7.05 Å². The first-order valence-electron chi connectivity index (χ1n) is 6.67. The summed E-state index contributed by atoms with van der Waals surface area (Å²) in [6.45, 7) is 5.11. The molecule has 2 aromatic heterocycles. The molecule has 2 aromatic rings. The monoisotopic (exact) mass is 257 g/mol. The predicted octanol–water partition coefficient (Wildman–Crippen LogP) is 1.14. The number of piperazine rings is 1. The highest BCUT2D eigenvalue weighted by molar-refractivity contribution is 5.31. The van der Waals surface area contributed by atoms with Crippen molar-refractivity contribution in [3.63, 3.8) is 0 Å². The molecule has 5 heteroatoms. The van der Waals surface area contributed by atoms with Gasteiger partial charge in [-0.2, -0.15) is 0 Å². The van der Waals surface area contributed by atoms with Crippen LogP contribution in [0.1, 0.15) is 5.69 Å². The van der Waals surface area contributed by atoms with Gasteiger partial charge in [0.15, 0.2) is 0 Å². The maximum absolute atomic E-state index is 4.41. The van der Waals surface area contributed by atoms with Crippen LogP contribution < -0.4 is 4.90 Å². The minimum absolute atomic E-state index is 0.940. The molecule has 0 saturated carbocycles. The highest BCUT2D eigenvalue weighted by Gasteiger charge is 2.19. The Morgan fingerprint density at radius 1 is 1.05 bits per heavy atom. The summed E-state index contributed by atoms with van der Waals surface area (Å²) < 4.78 is 2.08. The van der Waals surface area contributed by atoms with E-state index in [-0.39, 0.29) is 0 Å². The van der Waals surface area contributed by atoms with Gasteiger partial charge >= 0.3 is 0 Å². The summed E-state index contributed by atoms with van der Waals surface area (Å²) in [4.78, 5) is 13.6. The molecule has 1 aliphatic heterocycles. The van der Waals surface area contributed by atoms with Crippen LogP contribution in [0.5, 0.6) is 0 Å². The van der Waals surface area contributed by atoms with Gasteiger partial charge in [0.2, 0.25) is 5.95 Å². The lowest BCUT2D eigenvalue weighted by atomic mass is 10.3. The van der Waals surface area contributed by atoms with Gasteiger partial charge in [0, 0.05) is 58.4 Å². The van der Waals surface area contributed by atoms with E-state index in [9.17, 15) is 0 Å². The quantitative estimate of drug-likeness (QED) is 0.826. The minimum atomic E-state index is 0.940. The zero-order valence-electron chi connectivity index (χ0n) is 11.2. The first-order chi connectivity index (χ1) is 9.33. The van der Waals surface area contributed by atoms with Gasteiger partial charge in [-0.3, -0.25) is 9.88 Å². The molecule has 1 fully saturated rings. The molecule has 0 amide bonds. The number of aryl methyl sites for hydroxylation is 1. The van der Waals surface area contributed by atoms with E-state index in [4.69, 9.17) is 0 Å². The van der Waals surface area contributed by atoms with Crippen molar-refractivity contribution in [3.05, 3.63) is 42.5 Å². The molecule has 1 saturated heterocycles. The fourth-order valence-corrected chi connectivity index (χ4v) is 2.49. The van der Waals surface area contributed by atoms with Crippen LogP contribution in [0, 0.1) is 0 Å². The Kier molecular flexibility index (Phi) is 3.46. The van der Waals surface area contributed by atoms with Gasteiger partial charge in [-0.1, -0.05) is 6.07 Å². The molecule has 0 atom stereocenters. The average Bonchev–Trinajstić information content (AvgIpc) is 2.87. The second kappa shape index (κ2) is 5.40. The zero-order chi connectivity index (χ0) is 13.1. The topological polar surface area (TPSA) is 37.2 Å². The third kappa shape index (κ3) is 2.76. The molecule has 0 spiro atoms. The first-order valence-corrected chi connectivity index (χ1v) is 6.67. The van der Waals surface area contributed by atoms with Crippen LogP contribution >= 0.6 is 0 Å². The van der Waals surface area contributed by atoms with Gasteiger partial charge in [-0.15, -0.1) is 0 Å². The molecule has 0 radical (unpaired) electrons. The molecule has 3 rings (SSSR count). The van der Waals surface area contributed by atoms with Crippen LogP contribution in [0.2, 0.25) is 0 Å². The van der Waals surface area contributed by atoms with E-state index in [0.29, 0.717) is 0 Å². The smallest absolute Gasteiger partial charge is 0.205 e. The number of aromatic nitrogens is 3. The van der Waals surface area contributed by atoms with Gasteiger partial charge in [-0.05, 0) is 12.1 Å². The highest BCUT2D eigenvalue weighted by atomic mass is 15.3. The summed E-state index contributed by atoms with van der Waals surface area (Å²) >= 11 is 0. The molecule has 3 heterocycles. The normalized spacial score (nSPS) is 16.8. The molecular weight excluding hydrogens is 238 g/mol. The van der Waals surface area contributed by atoms with Gasteiger partial charge in [0.05, 0.1) is 5.69 Å². The van der Waals surface area contributed by atoms with E-state index in [1.54, 1.807) is 0 Å². The molecular formula is C14H19N5. The van der Waals surface area contributed by atoms with Crippen LogP contribution in [0.15, 0.2) is 36.8 Å². The second-order valence-electron chi connectivity index (χ2n) is 4.92. The van der Waals surface area contributed by atoms with Crippen molar-refractivity contribution in [2.75, 3.05) is 31.1 Å². The first kappa shape index (κ1) is 12.2. The lowest BCUT2D eigenvalue weighted by molar-refractivity contribution is 0.245. The molecule has 0 aliphatic carbocycles. The van der Waals surface area contributed by atoms with Crippen molar-refractivity contribution in [3.8, 4) is 0 Å². The average molecular weight is 257 g/mol. The Bertz CT molecular complexity index is 514. The van der Waals surface area contributed by atoms with Gasteiger partial charge in [0.1, 0.15) is 0 Å². The highest BCUT2D eigenvalue weighted by Crippen LogP contribution is 2.13. The Morgan fingerprint density at radius 2 is 1.89 bits per heavy atom. The number of imidazole rings is 1. The van der Waals surface area contributed by atoms with E-state index >= 15 is 0 Å². The summed E-state index contributed by atoms with van der Waals surface area (Å²) in [5, 5.41) is 0. The standard InChI is InChI=1S/C14H19N5/c1-17-7-6-16-14(17)19-10-8-18(9-11-19)12-13-4-2-3-5-15-13/h2-7H,8-12H2,1H3. The van der Waals surface area contributed by atoms with Crippen molar-refractivity contribution >= 4 is 5.95 Å². The number of nitrogens with zero attached hydrogens (tertiary/aromatic N) is 5. The fourth-order valence-electron chi connectivity index (χ4n) is 2.49. The lowest BCUT2D eigenvalue weighted by Crippen LogP contribution is -2.46. The Labute approximate surface area is 113 Å². The summed E-state index contributed by atoms with van der Waals surface area (Å²) in [5.74, 6) is 1.07. The van der Waals surface area contributed by atoms with Crippen LogP contribution in [0.3, 0.4) is 0 Å². The number of hydrogen-bond acceptors (Lipinski definition) is 4. The summed E-state index contributed by atoms with van der Waals surface area (Å²) in [6.07, 6.45) is 5.71. The molecule has 0 N–H and O–H groups in total. The van der Waals surface area contributed by atoms with Crippen LogP contribution in [0.25, 0.3) is 0 Å². The van der Waals surface area contributed by atoms with E-state index < -0.39 is 0 Å². The maximum atomic E-state index is 4.41. The van der Waals surface area contributed by atoms with E-state index in [1.165, 1.54) is 0 Å². The third-order valence-corrected chi connectivity index (χ3v) is 3.56. The predicted molar refractivity (Wildman–Crippen MR) is 74.9 cm³/mol. The number of anilines is 1. The van der Waals surface area contributed by atoms with Gasteiger partial charge < -0.3 is 9.47 Å². The van der Waals surface area contributed by atoms with E-state index in [2.05, 4.69) is 30.4 Å². The molecule has 1 aliphatic rings. The summed E-state index contributed by atoms with van der Waals surface area (Å²) in [7, 11) is 2.04. The second-order valence-corrected chi connectivity index (χ2v) is 4.92. The number of rotatable bonds is 3. The van der Waals surface area contributed by atoms with Crippen molar-refractivity contribution in [2.45, 2.75) is 6.54 Å². The molecule has 19 heavy (non-hydrogen) atoms. The van der Waals surface area contributed by atoms with Crippen molar-refractivity contribution < 1.29 is 0 Å². The maximum Gasteiger partial charge on any atom is 0.205 e. The SMILES string of the molecule is Cn1ccnc1N1CCN(Cc2ccccn2)CC1. The molecule has 100 valence electrons. The molecule has 0 bridgehead atoms. The van der Waals surface area contributed by atoms with Crippen LogP contribution in [-0.4, -0.2) is 45.6 Å². The fraction of sp³-hybridized carbons (Fsp3) is 0.429. The van der Waals surface area contributed by atoms with E-state index in [1.807, 2.05) is 37.8 Å². The Balaban J connectivity index is 1.57. The molecule has 0 aromatic carbocycles. The lowest BCUT2D eigenvalue weighted by Gasteiger charge is -2.35. The number of pyridine rings is 1. The van der Waals surface area contributed by atoms with Gasteiger partial charge in [0.25, 0.3) is 0 Å². The zero-order valence-corrected chi connectivity index (χ0v) is 11.2. The third-order valence-electron chi connectivity index (χ3n) is 3.56.